The van der Waals surface area contributed by atoms with E-state index in [-0.39, 0.29) is 32.2 Å². The van der Waals surface area contributed by atoms with Gasteiger partial charge in [-0.05, 0) is 38.5 Å². The van der Waals surface area contributed by atoms with E-state index in [1.807, 2.05) is 21.1 Å². The number of carbonyl (C=O) groups is 3. The summed E-state index contributed by atoms with van der Waals surface area (Å²) in [4.78, 5) is 36.6. The molecule has 0 aromatic heterocycles. The number of unbranched alkanes of at least 4 members (excludes halogenated alkanes) is 22. The van der Waals surface area contributed by atoms with Crippen molar-refractivity contribution >= 4 is 17.9 Å². The van der Waals surface area contributed by atoms with Crippen molar-refractivity contribution in [1.29, 1.82) is 0 Å². The maximum atomic E-state index is 12.7. The average molecular weight is 740 g/mol. The van der Waals surface area contributed by atoms with Gasteiger partial charge in [0.25, 0.3) is 0 Å². The second kappa shape index (κ2) is 36.0. The van der Waals surface area contributed by atoms with Gasteiger partial charge in [0.15, 0.2) is 12.4 Å². The molecule has 0 aromatic rings. The van der Waals surface area contributed by atoms with Gasteiger partial charge < -0.3 is 33.3 Å². The minimum absolute atomic E-state index is 0.150. The monoisotopic (exact) mass is 740 g/mol. The lowest BCUT2D eigenvalue weighted by Gasteiger charge is -2.26. The molecule has 306 valence electrons. The number of carbonyl (C=O) groups excluding carboxylic acids is 3. The van der Waals surface area contributed by atoms with Gasteiger partial charge in [0.05, 0.1) is 40.3 Å². The molecule has 0 N–H and O–H groups in total. The number of allylic oxidation sites excluding steroid dienone is 2. The number of likely N-dealkylation sites (N-methyl/N-ethyl adjacent to an activating group) is 1. The normalized spacial score (nSPS) is 13.0. The summed E-state index contributed by atoms with van der Waals surface area (Å²) in [5, 5.41) is 11.6. The second-order valence-electron chi connectivity index (χ2n) is 15.6. The van der Waals surface area contributed by atoms with Crippen molar-refractivity contribution in [3.63, 3.8) is 0 Å². The van der Waals surface area contributed by atoms with Gasteiger partial charge in [-0.15, -0.1) is 0 Å². The van der Waals surface area contributed by atoms with E-state index < -0.39 is 24.3 Å². The van der Waals surface area contributed by atoms with Crippen LogP contribution in [0.15, 0.2) is 12.2 Å². The summed E-state index contributed by atoms with van der Waals surface area (Å²) < 4.78 is 22.4. The molecule has 52 heavy (non-hydrogen) atoms. The van der Waals surface area contributed by atoms with E-state index in [0.717, 1.165) is 44.9 Å². The summed E-state index contributed by atoms with van der Waals surface area (Å²) in [5.41, 5.74) is 0. The van der Waals surface area contributed by atoms with Crippen molar-refractivity contribution < 1.29 is 42.9 Å². The Hall–Kier alpha value is -1.97. The lowest BCUT2D eigenvalue weighted by Crippen LogP contribution is -2.44. The van der Waals surface area contributed by atoms with Crippen LogP contribution in [0.2, 0.25) is 0 Å². The summed E-state index contributed by atoms with van der Waals surface area (Å²) in [5.74, 6) is -2.29. The molecule has 9 nitrogen and oxygen atoms in total. The molecule has 0 radical (unpaired) electrons. The average Bonchev–Trinajstić information content (AvgIpc) is 3.10. The number of ether oxygens (including phenoxy) is 4. The Morgan fingerprint density at radius 3 is 1.42 bits per heavy atom. The molecule has 0 amide bonds. The van der Waals surface area contributed by atoms with Crippen LogP contribution < -0.4 is 5.11 Å². The minimum atomic E-state index is -1.61. The van der Waals surface area contributed by atoms with E-state index in [1.54, 1.807) is 0 Å². The molecule has 0 aromatic carbocycles. The topological polar surface area (TPSA) is 111 Å². The van der Waals surface area contributed by atoms with Crippen molar-refractivity contribution in [2.24, 2.45) is 0 Å². The van der Waals surface area contributed by atoms with E-state index >= 15 is 0 Å². The number of hydrogen-bond acceptors (Lipinski definition) is 8. The van der Waals surface area contributed by atoms with Gasteiger partial charge in [-0.1, -0.05) is 148 Å². The first-order valence-corrected chi connectivity index (χ1v) is 21.3. The van der Waals surface area contributed by atoms with Crippen LogP contribution in [0.3, 0.4) is 0 Å². The molecule has 0 spiro atoms. The van der Waals surface area contributed by atoms with Crippen LogP contribution >= 0.6 is 0 Å². The molecule has 9 heteroatoms. The second-order valence-corrected chi connectivity index (χ2v) is 15.6. The molecule has 0 saturated heterocycles. The molecule has 0 aliphatic carbocycles. The van der Waals surface area contributed by atoms with Crippen LogP contribution in [0, 0.1) is 0 Å². The highest BCUT2D eigenvalue weighted by atomic mass is 16.7. The Kier molecular flexibility index (Phi) is 34.7. The molecule has 0 aliphatic heterocycles. The molecule has 0 heterocycles. The van der Waals surface area contributed by atoms with Gasteiger partial charge in [0.1, 0.15) is 13.2 Å². The summed E-state index contributed by atoms with van der Waals surface area (Å²) in [6.45, 7) is 4.67. The predicted octanol–water partition coefficient (Wildman–Crippen LogP) is 9.39. The van der Waals surface area contributed by atoms with Crippen molar-refractivity contribution in [3.8, 4) is 0 Å². The Labute approximate surface area is 319 Å². The Morgan fingerprint density at radius 2 is 0.981 bits per heavy atom. The summed E-state index contributed by atoms with van der Waals surface area (Å²) in [6.07, 6.45) is 32.8. The molecule has 2 unspecified atom stereocenters. The maximum absolute atomic E-state index is 12.7. The van der Waals surface area contributed by atoms with Crippen LogP contribution in [0.1, 0.15) is 187 Å². The molecular weight excluding hydrogens is 658 g/mol. The van der Waals surface area contributed by atoms with E-state index in [9.17, 15) is 19.5 Å². The number of rotatable bonds is 39. The Balaban J connectivity index is 4.25. The quantitative estimate of drug-likeness (QED) is 0.0202. The highest BCUT2D eigenvalue weighted by Gasteiger charge is 2.21. The first-order valence-electron chi connectivity index (χ1n) is 21.3. The number of aliphatic carboxylic acids is 1. The summed E-state index contributed by atoms with van der Waals surface area (Å²) in [7, 11) is 5.90. The lowest BCUT2D eigenvalue weighted by atomic mass is 10.1. The highest BCUT2D eigenvalue weighted by Crippen LogP contribution is 2.14. The number of nitrogens with zero attached hydrogens (tertiary/aromatic N) is 1. The lowest BCUT2D eigenvalue weighted by molar-refractivity contribution is -0.870. The van der Waals surface area contributed by atoms with Crippen molar-refractivity contribution in [3.05, 3.63) is 12.2 Å². The van der Waals surface area contributed by atoms with Gasteiger partial charge in [0, 0.05) is 12.8 Å². The number of esters is 2. The zero-order valence-corrected chi connectivity index (χ0v) is 34.4. The molecule has 0 fully saturated rings. The van der Waals surface area contributed by atoms with E-state index in [4.69, 9.17) is 18.9 Å². The van der Waals surface area contributed by atoms with Crippen molar-refractivity contribution in [2.45, 2.75) is 200 Å². The van der Waals surface area contributed by atoms with Gasteiger partial charge in [0.2, 0.25) is 0 Å². The third kappa shape index (κ3) is 36.4. The number of hydrogen-bond donors (Lipinski definition) is 0. The smallest absolute Gasteiger partial charge is 0.306 e. The van der Waals surface area contributed by atoms with Gasteiger partial charge in [-0.3, -0.25) is 9.59 Å². The van der Waals surface area contributed by atoms with E-state index in [0.29, 0.717) is 23.9 Å². The zero-order chi connectivity index (χ0) is 38.5. The van der Waals surface area contributed by atoms with Crippen molar-refractivity contribution in [1.82, 2.24) is 0 Å². The molecule has 0 rings (SSSR count). The molecule has 0 saturated carbocycles. The summed E-state index contributed by atoms with van der Waals surface area (Å²) in [6, 6.07) is 0. The van der Waals surface area contributed by atoms with Crippen molar-refractivity contribution in [2.75, 3.05) is 47.5 Å². The SMILES string of the molecule is CCCCCCCCCC/C=C\CCCCCCCCCCCC(=O)OC(COC(=O)CCCCCCCC)COC(OCC[N+](C)(C)C)C(=O)[O-]. The fraction of sp³-hybridized carbons (Fsp3) is 0.884. The molecular formula is C43H81NO8. The Bertz CT molecular complexity index is 872. The first kappa shape index (κ1) is 50.0. The standard InChI is InChI=1S/C43H81NO8/c1-6-8-10-12-14-15-16-17-18-19-20-21-22-23-24-25-26-27-28-30-32-34-41(46)52-39(37-50-40(45)33-31-29-13-11-9-7-2)38-51-43(42(47)48)49-36-35-44(3,4)5/h19-20,39,43H,6-18,21-38H2,1-5H3/b20-19-. The van der Waals surface area contributed by atoms with Crippen LogP contribution in [-0.2, 0) is 33.3 Å². The fourth-order valence-electron chi connectivity index (χ4n) is 5.88. The minimum Gasteiger partial charge on any atom is -0.545 e. The van der Waals surface area contributed by atoms with Crippen LogP contribution in [-0.4, -0.2) is 82.3 Å². The molecule has 0 aliphatic rings. The van der Waals surface area contributed by atoms with Crippen LogP contribution in [0.4, 0.5) is 0 Å². The molecule has 2 atom stereocenters. The number of quaternary nitrogens is 1. The zero-order valence-electron chi connectivity index (χ0n) is 34.4. The van der Waals surface area contributed by atoms with Gasteiger partial charge in [-0.2, -0.15) is 0 Å². The van der Waals surface area contributed by atoms with Gasteiger partial charge >= 0.3 is 11.9 Å². The van der Waals surface area contributed by atoms with Crippen LogP contribution in [0.25, 0.3) is 0 Å². The number of carboxylic acid groups (broad SMARTS) is 1. The van der Waals surface area contributed by atoms with Crippen LogP contribution in [0.5, 0.6) is 0 Å². The first-order chi connectivity index (χ1) is 25.1. The number of carboxylic acids is 1. The van der Waals surface area contributed by atoms with Gasteiger partial charge in [-0.25, -0.2) is 0 Å². The molecule has 0 bridgehead atoms. The fourth-order valence-corrected chi connectivity index (χ4v) is 5.88. The largest absolute Gasteiger partial charge is 0.545 e. The third-order valence-electron chi connectivity index (χ3n) is 9.26. The van der Waals surface area contributed by atoms with E-state index in [1.165, 1.54) is 109 Å². The third-order valence-corrected chi connectivity index (χ3v) is 9.26. The Morgan fingerprint density at radius 1 is 0.558 bits per heavy atom. The predicted molar refractivity (Wildman–Crippen MR) is 210 cm³/mol. The highest BCUT2D eigenvalue weighted by molar-refractivity contribution is 5.70. The summed E-state index contributed by atoms with van der Waals surface area (Å²) >= 11 is 0. The van der Waals surface area contributed by atoms with E-state index in [2.05, 4.69) is 26.0 Å². The maximum Gasteiger partial charge on any atom is 0.306 e.